The minimum Gasteiger partial charge on any atom is -0.383 e. The minimum absolute atomic E-state index is 0. The highest BCUT2D eigenvalue weighted by atomic mass is 127. The van der Waals surface area contributed by atoms with E-state index in [0.29, 0.717) is 12.5 Å². The van der Waals surface area contributed by atoms with Gasteiger partial charge < -0.3 is 20.1 Å². The first-order valence-electron chi connectivity index (χ1n) is 9.56. The van der Waals surface area contributed by atoms with Gasteiger partial charge >= 0.3 is 0 Å². The van der Waals surface area contributed by atoms with Crippen molar-refractivity contribution in [1.29, 1.82) is 0 Å². The molecule has 3 heterocycles. The molecule has 0 saturated carbocycles. The van der Waals surface area contributed by atoms with Crippen LogP contribution in [-0.2, 0) is 19.1 Å². The molecule has 0 aliphatic rings. The van der Waals surface area contributed by atoms with E-state index in [1.165, 1.54) is 0 Å². The van der Waals surface area contributed by atoms with Gasteiger partial charge in [0.25, 0.3) is 0 Å². The van der Waals surface area contributed by atoms with Crippen molar-refractivity contribution >= 4 is 35.6 Å². The van der Waals surface area contributed by atoms with Crippen LogP contribution in [0.1, 0.15) is 30.7 Å². The highest BCUT2D eigenvalue weighted by Crippen LogP contribution is 2.19. The van der Waals surface area contributed by atoms with Gasteiger partial charge in [-0.3, -0.25) is 4.68 Å². The molecule has 0 radical (unpaired) electrons. The number of halogens is 1. The topological polar surface area (TPSA) is 91.8 Å². The smallest absolute Gasteiger partial charge is 0.191 e. The molecule has 1 atom stereocenters. The Kier molecular flexibility index (Phi) is 8.03. The van der Waals surface area contributed by atoms with Crippen molar-refractivity contribution in [2.45, 2.75) is 32.8 Å². The molecule has 0 aliphatic heterocycles. The fourth-order valence-electron chi connectivity index (χ4n) is 3.00. The first-order chi connectivity index (χ1) is 13.4. The lowest BCUT2D eigenvalue weighted by atomic mass is 10.0. The summed E-state index contributed by atoms with van der Waals surface area (Å²) >= 11 is 0. The van der Waals surface area contributed by atoms with Crippen molar-refractivity contribution in [3.63, 3.8) is 0 Å². The van der Waals surface area contributed by atoms with Crippen molar-refractivity contribution in [3.8, 4) is 0 Å². The number of hydrogen-bond acceptors (Lipinski definition) is 4. The number of rotatable bonds is 7. The normalized spacial score (nSPS) is 13.8. The molecule has 3 N–H and O–H groups in total. The van der Waals surface area contributed by atoms with Crippen LogP contribution in [0.5, 0.6) is 0 Å². The first kappa shape index (κ1) is 23.1. The van der Waals surface area contributed by atoms with E-state index < -0.39 is 5.60 Å². The lowest BCUT2D eigenvalue weighted by molar-refractivity contribution is 0.0672. The summed E-state index contributed by atoms with van der Waals surface area (Å²) in [5, 5.41) is 21.3. The molecule has 3 aromatic heterocycles. The number of aromatic nitrogens is 4. The molecule has 1 unspecified atom stereocenters. The third-order valence-corrected chi connectivity index (χ3v) is 4.62. The lowest BCUT2D eigenvalue weighted by Crippen LogP contribution is -2.39. The van der Waals surface area contributed by atoms with Gasteiger partial charge in [-0.15, -0.1) is 24.0 Å². The quantitative estimate of drug-likeness (QED) is 0.257. The Morgan fingerprint density at radius 1 is 1.31 bits per heavy atom. The predicted molar refractivity (Wildman–Crippen MR) is 126 cm³/mol. The van der Waals surface area contributed by atoms with E-state index in [4.69, 9.17) is 4.98 Å². The van der Waals surface area contributed by atoms with Gasteiger partial charge in [0, 0.05) is 50.7 Å². The van der Waals surface area contributed by atoms with E-state index in [-0.39, 0.29) is 30.5 Å². The van der Waals surface area contributed by atoms with Crippen LogP contribution in [0.3, 0.4) is 0 Å². The number of fused-ring (bicyclic) bond motifs is 1. The molecule has 3 rings (SSSR count). The van der Waals surface area contributed by atoms with Gasteiger partial charge in [-0.05, 0) is 32.4 Å². The molecular weight excluding hydrogens is 481 g/mol. The van der Waals surface area contributed by atoms with Crippen LogP contribution in [0.15, 0.2) is 41.9 Å². The summed E-state index contributed by atoms with van der Waals surface area (Å²) < 4.78 is 3.72. The van der Waals surface area contributed by atoms with Crippen LogP contribution in [0.4, 0.5) is 0 Å². The van der Waals surface area contributed by atoms with E-state index in [1.807, 2.05) is 26.2 Å². The maximum Gasteiger partial charge on any atom is 0.191 e. The minimum atomic E-state index is -1.07. The maximum atomic E-state index is 10.7. The predicted octanol–water partition coefficient (Wildman–Crippen LogP) is 2.00. The van der Waals surface area contributed by atoms with Crippen LogP contribution in [0, 0.1) is 6.92 Å². The largest absolute Gasteiger partial charge is 0.383 e. The van der Waals surface area contributed by atoms with Crippen LogP contribution in [0.25, 0.3) is 5.65 Å². The molecule has 9 heteroatoms. The van der Waals surface area contributed by atoms with Crippen LogP contribution >= 0.6 is 24.0 Å². The van der Waals surface area contributed by atoms with E-state index >= 15 is 0 Å². The molecule has 158 valence electrons. The number of hydrogen-bond donors (Lipinski definition) is 3. The third kappa shape index (κ3) is 5.92. The van der Waals surface area contributed by atoms with E-state index in [0.717, 1.165) is 35.4 Å². The summed E-state index contributed by atoms with van der Waals surface area (Å²) in [5.41, 5.74) is 2.85. The second-order valence-corrected chi connectivity index (χ2v) is 7.20. The summed E-state index contributed by atoms with van der Waals surface area (Å²) in [6.45, 7) is 7.51. The Hall–Kier alpha value is -2.14. The number of nitrogens with one attached hydrogen (secondary N) is 2. The second kappa shape index (κ2) is 10.1. The molecule has 0 amide bonds. The van der Waals surface area contributed by atoms with Gasteiger partial charge in [-0.25, -0.2) is 9.98 Å². The number of aryl methyl sites for hydroxylation is 2. The Morgan fingerprint density at radius 2 is 2.10 bits per heavy atom. The summed E-state index contributed by atoms with van der Waals surface area (Å²) in [6.07, 6.45) is 8.33. The average Bonchev–Trinajstić information content (AvgIpc) is 3.27. The molecule has 0 bridgehead atoms. The monoisotopic (exact) mass is 511 g/mol. The van der Waals surface area contributed by atoms with E-state index in [2.05, 4.69) is 44.3 Å². The number of nitrogens with zero attached hydrogens (tertiary/aromatic N) is 5. The summed E-state index contributed by atoms with van der Waals surface area (Å²) in [5.74, 6) is 0.673. The van der Waals surface area contributed by atoms with Crippen LogP contribution in [-0.4, -0.2) is 49.9 Å². The van der Waals surface area contributed by atoms with Gasteiger partial charge in [0.2, 0.25) is 0 Å². The second-order valence-electron chi connectivity index (χ2n) is 7.20. The summed E-state index contributed by atoms with van der Waals surface area (Å²) in [7, 11) is 1.83. The van der Waals surface area contributed by atoms with Gasteiger partial charge in [0.15, 0.2) is 5.96 Å². The molecule has 0 fully saturated rings. The molecule has 0 aromatic carbocycles. The molecule has 0 aliphatic carbocycles. The number of guanidine groups is 1. The maximum absolute atomic E-state index is 10.7. The van der Waals surface area contributed by atoms with Gasteiger partial charge in [0.05, 0.1) is 18.4 Å². The average molecular weight is 511 g/mol. The standard InChI is InChI=1S/C20H29N7O.HI/c1-5-21-19(23-14-20(3,28)16-11-24-26(4)12-16)22-9-8-17-13-27-10-6-7-15(2)18(27)25-17;/h6-7,10-13,28H,5,8-9,14H2,1-4H3,(H2,21,22,23);1H. The highest BCUT2D eigenvalue weighted by molar-refractivity contribution is 14.0. The molecule has 0 spiro atoms. The molecule has 29 heavy (non-hydrogen) atoms. The zero-order valence-corrected chi connectivity index (χ0v) is 19.7. The van der Waals surface area contributed by atoms with Crippen molar-refractivity contribution < 1.29 is 5.11 Å². The first-order valence-corrected chi connectivity index (χ1v) is 9.56. The highest BCUT2D eigenvalue weighted by Gasteiger charge is 2.24. The Morgan fingerprint density at radius 3 is 2.76 bits per heavy atom. The van der Waals surface area contributed by atoms with E-state index in [1.54, 1.807) is 24.0 Å². The number of imidazole rings is 1. The van der Waals surface area contributed by atoms with Gasteiger partial charge in [0.1, 0.15) is 11.2 Å². The van der Waals surface area contributed by atoms with Crippen molar-refractivity contribution in [3.05, 3.63) is 53.7 Å². The Balaban J connectivity index is 0.00000300. The zero-order chi connectivity index (χ0) is 20.1. The fraction of sp³-hybridized carbons (Fsp3) is 0.450. The van der Waals surface area contributed by atoms with Crippen molar-refractivity contribution in [2.75, 3.05) is 19.6 Å². The van der Waals surface area contributed by atoms with Crippen molar-refractivity contribution in [2.24, 2.45) is 12.0 Å². The van der Waals surface area contributed by atoms with E-state index in [9.17, 15) is 5.11 Å². The third-order valence-electron chi connectivity index (χ3n) is 4.62. The van der Waals surface area contributed by atoms with Crippen molar-refractivity contribution in [1.82, 2.24) is 29.8 Å². The van der Waals surface area contributed by atoms with Crippen LogP contribution < -0.4 is 10.6 Å². The Labute approximate surface area is 188 Å². The SMILES string of the molecule is CCNC(=NCC(C)(O)c1cnn(C)c1)NCCc1cn2cccc(C)c2n1.I. The number of aliphatic hydroxyl groups is 1. The molecule has 3 aromatic rings. The number of aliphatic imine (C=N–C) groups is 1. The van der Waals surface area contributed by atoms with Crippen LogP contribution in [0.2, 0.25) is 0 Å². The molecule has 0 saturated heterocycles. The lowest BCUT2D eigenvalue weighted by Gasteiger charge is -2.20. The summed E-state index contributed by atoms with van der Waals surface area (Å²) in [4.78, 5) is 9.24. The van der Waals surface area contributed by atoms with Gasteiger partial charge in [-0.2, -0.15) is 5.10 Å². The molecule has 8 nitrogen and oxygen atoms in total. The summed E-state index contributed by atoms with van der Waals surface area (Å²) in [6, 6.07) is 4.09. The number of pyridine rings is 1. The fourth-order valence-corrected chi connectivity index (χ4v) is 3.00. The zero-order valence-electron chi connectivity index (χ0n) is 17.4. The Bertz CT molecular complexity index is 961. The van der Waals surface area contributed by atoms with Gasteiger partial charge in [-0.1, -0.05) is 6.07 Å². The molecular formula is C20H30IN7O.